The van der Waals surface area contributed by atoms with Crippen LogP contribution in [0.15, 0.2) is 18.3 Å². The van der Waals surface area contributed by atoms with E-state index in [1.165, 1.54) is 6.42 Å². The molecule has 1 saturated heterocycles. The number of nitrogens with one attached hydrogen (secondary N) is 1. The molecule has 0 bridgehead atoms. The molecule has 1 fully saturated rings. The van der Waals surface area contributed by atoms with Crippen LogP contribution in [0.3, 0.4) is 0 Å². The normalized spacial score (nSPS) is 20.2. The summed E-state index contributed by atoms with van der Waals surface area (Å²) >= 11 is 0. The lowest BCUT2D eigenvalue weighted by Gasteiger charge is -2.21. The molecule has 2 heterocycles. The molecular weight excluding hydrogens is 238 g/mol. The molecule has 1 aromatic heterocycles. The summed E-state index contributed by atoms with van der Waals surface area (Å²) in [6, 6.07) is 5.10. The molecule has 0 radical (unpaired) electrons. The Kier molecular flexibility index (Phi) is 4.64. The summed E-state index contributed by atoms with van der Waals surface area (Å²) in [5.41, 5.74) is 1.01. The van der Waals surface area contributed by atoms with Gasteiger partial charge in [0.1, 0.15) is 0 Å². The van der Waals surface area contributed by atoms with E-state index < -0.39 is 0 Å². The van der Waals surface area contributed by atoms with Crippen molar-refractivity contribution in [2.45, 2.75) is 52.3 Å². The molecule has 1 aromatic rings. The van der Waals surface area contributed by atoms with E-state index in [-0.39, 0.29) is 6.10 Å². The molecule has 0 aliphatic carbocycles. The fourth-order valence-corrected chi connectivity index (χ4v) is 2.41. The monoisotopic (exact) mass is 263 g/mol. The highest BCUT2D eigenvalue weighted by Crippen LogP contribution is 2.25. The Morgan fingerprint density at radius 1 is 1.37 bits per heavy atom. The number of pyridine rings is 1. The predicted octanol–water partition coefficient (Wildman–Crippen LogP) is 2.76. The van der Waals surface area contributed by atoms with Gasteiger partial charge in [-0.2, -0.15) is 0 Å². The van der Waals surface area contributed by atoms with Gasteiger partial charge in [-0.15, -0.1) is 0 Å². The summed E-state index contributed by atoms with van der Waals surface area (Å²) in [6.45, 7) is 10.8. The van der Waals surface area contributed by atoms with E-state index in [0.29, 0.717) is 18.0 Å². The molecule has 0 aromatic carbocycles. The lowest BCUT2D eigenvalue weighted by atomic mass is 10.2. The number of hydrogen-bond donors (Lipinski definition) is 1. The van der Waals surface area contributed by atoms with Crippen LogP contribution in [0, 0.1) is 0 Å². The van der Waals surface area contributed by atoms with E-state index in [2.05, 4.69) is 29.0 Å². The molecule has 1 N–H and O–H groups in total. The van der Waals surface area contributed by atoms with Crippen molar-refractivity contribution in [1.82, 2.24) is 9.88 Å². The Morgan fingerprint density at radius 2 is 2.16 bits per heavy atom. The van der Waals surface area contributed by atoms with Gasteiger partial charge in [-0.3, -0.25) is 4.90 Å². The standard InChI is InChI=1S/C15H25N3O/c1-11(2)18-9-7-13(10-18)17-14-6-5-8-16-15(14)19-12(3)4/h5-6,8,11-13,17H,7,9-10H2,1-4H3. The lowest BCUT2D eigenvalue weighted by molar-refractivity contribution is 0.233. The Hall–Kier alpha value is -1.29. The molecule has 0 saturated carbocycles. The van der Waals surface area contributed by atoms with E-state index in [0.717, 1.165) is 18.8 Å². The minimum Gasteiger partial charge on any atom is -0.473 e. The quantitative estimate of drug-likeness (QED) is 0.886. The van der Waals surface area contributed by atoms with Crippen LogP contribution in [0.4, 0.5) is 5.69 Å². The molecule has 0 amide bonds. The summed E-state index contributed by atoms with van der Waals surface area (Å²) in [6.07, 6.45) is 3.10. The van der Waals surface area contributed by atoms with Gasteiger partial charge >= 0.3 is 0 Å². The van der Waals surface area contributed by atoms with Crippen molar-refractivity contribution >= 4 is 5.69 Å². The zero-order valence-electron chi connectivity index (χ0n) is 12.4. The average molecular weight is 263 g/mol. The second-order valence-electron chi connectivity index (χ2n) is 5.74. The summed E-state index contributed by atoms with van der Waals surface area (Å²) < 4.78 is 5.74. The van der Waals surface area contributed by atoms with Crippen LogP contribution in [-0.2, 0) is 0 Å². The summed E-state index contributed by atoms with van der Waals surface area (Å²) in [5, 5.41) is 3.57. The van der Waals surface area contributed by atoms with Crippen molar-refractivity contribution in [3.05, 3.63) is 18.3 Å². The number of ether oxygens (including phenoxy) is 1. The van der Waals surface area contributed by atoms with Crippen molar-refractivity contribution in [3.63, 3.8) is 0 Å². The van der Waals surface area contributed by atoms with Crippen molar-refractivity contribution < 1.29 is 4.74 Å². The summed E-state index contributed by atoms with van der Waals surface area (Å²) in [7, 11) is 0. The van der Waals surface area contributed by atoms with Crippen LogP contribution in [0.2, 0.25) is 0 Å². The number of likely N-dealkylation sites (tertiary alicyclic amines) is 1. The Balaban J connectivity index is 2.00. The Bertz CT molecular complexity index is 406. The van der Waals surface area contributed by atoms with Crippen LogP contribution in [-0.4, -0.2) is 41.2 Å². The van der Waals surface area contributed by atoms with Crippen molar-refractivity contribution in [2.75, 3.05) is 18.4 Å². The van der Waals surface area contributed by atoms with Gasteiger partial charge in [0.05, 0.1) is 11.8 Å². The largest absolute Gasteiger partial charge is 0.473 e. The van der Waals surface area contributed by atoms with Gasteiger partial charge in [0, 0.05) is 31.4 Å². The SMILES string of the molecule is CC(C)Oc1ncccc1NC1CCN(C(C)C)C1. The third-order valence-corrected chi connectivity index (χ3v) is 3.43. The van der Waals surface area contributed by atoms with Crippen molar-refractivity contribution in [1.29, 1.82) is 0 Å². The van der Waals surface area contributed by atoms with Gasteiger partial charge in [0.15, 0.2) is 0 Å². The highest BCUT2D eigenvalue weighted by molar-refractivity contribution is 5.53. The Labute approximate surface area is 116 Å². The number of anilines is 1. The molecular formula is C15H25N3O. The maximum atomic E-state index is 5.74. The zero-order chi connectivity index (χ0) is 13.8. The van der Waals surface area contributed by atoms with Crippen LogP contribution < -0.4 is 10.1 Å². The molecule has 0 spiro atoms. The van der Waals surface area contributed by atoms with E-state index in [4.69, 9.17) is 4.74 Å². The molecule has 2 rings (SSSR count). The van der Waals surface area contributed by atoms with Crippen LogP contribution in [0.25, 0.3) is 0 Å². The van der Waals surface area contributed by atoms with E-state index in [9.17, 15) is 0 Å². The zero-order valence-corrected chi connectivity index (χ0v) is 12.4. The van der Waals surface area contributed by atoms with Gasteiger partial charge < -0.3 is 10.1 Å². The first-order chi connectivity index (χ1) is 9.06. The average Bonchev–Trinajstić information content (AvgIpc) is 2.80. The van der Waals surface area contributed by atoms with E-state index in [1.807, 2.05) is 26.0 Å². The topological polar surface area (TPSA) is 37.4 Å². The minimum absolute atomic E-state index is 0.145. The summed E-state index contributed by atoms with van der Waals surface area (Å²) in [4.78, 5) is 6.81. The second-order valence-corrected chi connectivity index (χ2v) is 5.74. The van der Waals surface area contributed by atoms with Gasteiger partial charge in [-0.05, 0) is 46.2 Å². The summed E-state index contributed by atoms with van der Waals surface area (Å²) in [5.74, 6) is 0.709. The number of aromatic nitrogens is 1. The van der Waals surface area contributed by atoms with Crippen LogP contribution in [0.5, 0.6) is 5.88 Å². The molecule has 4 nitrogen and oxygen atoms in total. The van der Waals surface area contributed by atoms with Crippen LogP contribution in [0.1, 0.15) is 34.1 Å². The highest BCUT2D eigenvalue weighted by Gasteiger charge is 2.24. The molecule has 4 heteroatoms. The highest BCUT2D eigenvalue weighted by atomic mass is 16.5. The molecule has 1 atom stereocenters. The third kappa shape index (κ3) is 3.83. The predicted molar refractivity (Wildman–Crippen MR) is 78.7 cm³/mol. The van der Waals surface area contributed by atoms with Crippen molar-refractivity contribution in [2.24, 2.45) is 0 Å². The maximum absolute atomic E-state index is 5.74. The first-order valence-electron chi connectivity index (χ1n) is 7.18. The maximum Gasteiger partial charge on any atom is 0.237 e. The van der Waals surface area contributed by atoms with Gasteiger partial charge in [-0.1, -0.05) is 0 Å². The first kappa shape index (κ1) is 14.1. The molecule has 1 aliphatic rings. The number of nitrogens with zero attached hydrogens (tertiary/aromatic N) is 2. The number of rotatable bonds is 5. The fraction of sp³-hybridized carbons (Fsp3) is 0.667. The fourth-order valence-electron chi connectivity index (χ4n) is 2.41. The second kappa shape index (κ2) is 6.24. The minimum atomic E-state index is 0.145. The number of hydrogen-bond acceptors (Lipinski definition) is 4. The smallest absolute Gasteiger partial charge is 0.237 e. The van der Waals surface area contributed by atoms with E-state index in [1.54, 1.807) is 6.20 Å². The van der Waals surface area contributed by atoms with Crippen LogP contribution >= 0.6 is 0 Å². The Morgan fingerprint density at radius 3 is 2.79 bits per heavy atom. The van der Waals surface area contributed by atoms with E-state index >= 15 is 0 Å². The molecule has 1 aliphatic heterocycles. The molecule has 1 unspecified atom stereocenters. The third-order valence-electron chi connectivity index (χ3n) is 3.43. The molecule has 106 valence electrons. The van der Waals surface area contributed by atoms with Crippen molar-refractivity contribution in [3.8, 4) is 5.88 Å². The first-order valence-corrected chi connectivity index (χ1v) is 7.18. The molecule has 19 heavy (non-hydrogen) atoms. The van der Waals surface area contributed by atoms with Gasteiger partial charge in [-0.25, -0.2) is 4.98 Å². The van der Waals surface area contributed by atoms with Gasteiger partial charge in [0.2, 0.25) is 5.88 Å². The van der Waals surface area contributed by atoms with Gasteiger partial charge in [0.25, 0.3) is 0 Å². The lowest BCUT2D eigenvalue weighted by Crippen LogP contribution is -2.31.